The molecule has 0 spiro atoms. The summed E-state index contributed by atoms with van der Waals surface area (Å²) >= 11 is 3.34. The Morgan fingerprint density at radius 1 is 0.957 bits per heavy atom. The number of ether oxygens (including phenoxy) is 4. The normalized spacial score (nSPS) is 10.1. The van der Waals surface area contributed by atoms with Gasteiger partial charge in [0.15, 0.2) is 0 Å². The molecule has 0 aliphatic rings. The highest BCUT2D eigenvalue weighted by molar-refractivity contribution is 9.10. The fourth-order valence-corrected chi connectivity index (χ4v) is 2.56. The van der Waals surface area contributed by atoms with Gasteiger partial charge in [-0.15, -0.1) is 0 Å². The molecular weight excluding hydrogens is 364 g/mol. The molecule has 0 aromatic heterocycles. The third-order valence-electron chi connectivity index (χ3n) is 3.23. The van der Waals surface area contributed by atoms with Gasteiger partial charge in [-0.25, -0.2) is 4.79 Å². The van der Waals surface area contributed by atoms with Gasteiger partial charge in [0.25, 0.3) is 0 Å². The Balaban J connectivity index is 2.11. The summed E-state index contributed by atoms with van der Waals surface area (Å²) < 4.78 is 21.6. The predicted octanol–water partition coefficient (Wildman–Crippen LogP) is 3.83. The van der Waals surface area contributed by atoms with Crippen molar-refractivity contribution in [3.05, 3.63) is 52.0 Å². The number of hydrogen-bond donors (Lipinski definition) is 0. The second kappa shape index (κ2) is 7.87. The highest BCUT2D eigenvalue weighted by Crippen LogP contribution is 2.27. The van der Waals surface area contributed by atoms with Gasteiger partial charge in [0, 0.05) is 5.56 Å². The number of hydrogen-bond acceptors (Lipinski definition) is 5. The summed E-state index contributed by atoms with van der Waals surface area (Å²) in [5.74, 6) is 1.52. The third kappa shape index (κ3) is 4.16. The van der Waals surface area contributed by atoms with Gasteiger partial charge in [-0.3, -0.25) is 0 Å². The second-order valence-electron chi connectivity index (χ2n) is 4.60. The second-order valence-corrected chi connectivity index (χ2v) is 5.46. The maximum Gasteiger partial charge on any atom is 0.338 e. The first-order valence-electron chi connectivity index (χ1n) is 6.80. The van der Waals surface area contributed by atoms with E-state index >= 15 is 0 Å². The minimum Gasteiger partial charge on any atom is -0.497 e. The van der Waals surface area contributed by atoms with Crippen molar-refractivity contribution in [2.45, 2.75) is 6.61 Å². The topological polar surface area (TPSA) is 54.0 Å². The molecule has 2 aromatic rings. The van der Waals surface area contributed by atoms with E-state index in [2.05, 4.69) is 15.9 Å². The lowest BCUT2D eigenvalue weighted by Gasteiger charge is -2.11. The van der Waals surface area contributed by atoms with E-state index in [0.717, 1.165) is 5.56 Å². The zero-order valence-electron chi connectivity index (χ0n) is 13.1. The van der Waals surface area contributed by atoms with Crippen molar-refractivity contribution in [3.63, 3.8) is 0 Å². The molecule has 0 atom stereocenters. The smallest absolute Gasteiger partial charge is 0.338 e. The summed E-state index contributed by atoms with van der Waals surface area (Å²) in [6, 6.07) is 10.3. The van der Waals surface area contributed by atoms with Gasteiger partial charge in [-0.05, 0) is 52.3 Å². The summed E-state index contributed by atoms with van der Waals surface area (Å²) in [6.07, 6.45) is 0. The fourth-order valence-electron chi connectivity index (χ4n) is 2.01. The van der Waals surface area contributed by atoms with Gasteiger partial charge >= 0.3 is 5.97 Å². The van der Waals surface area contributed by atoms with Crippen LogP contribution in [0.25, 0.3) is 0 Å². The number of carbonyl (C=O) groups is 1. The summed E-state index contributed by atoms with van der Waals surface area (Å²) in [7, 11) is 4.70. The zero-order valence-corrected chi connectivity index (χ0v) is 14.7. The molecule has 0 amide bonds. The lowest BCUT2D eigenvalue weighted by atomic mass is 10.2. The predicted molar refractivity (Wildman–Crippen MR) is 89.4 cm³/mol. The SMILES string of the molecule is COc1ccc(OC)c(COC(=O)c2ccc(OC)c(Br)c2)c1. The van der Waals surface area contributed by atoms with Gasteiger partial charge in [-0.1, -0.05) is 0 Å². The molecule has 0 saturated carbocycles. The van der Waals surface area contributed by atoms with Crippen molar-refractivity contribution in [2.75, 3.05) is 21.3 Å². The van der Waals surface area contributed by atoms with Crippen LogP contribution in [0.1, 0.15) is 15.9 Å². The van der Waals surface area contributed by atoms with Gasteiger partial charge in [0.2, 0.25) is 0 Å². The van der Waals surface area contributed by atoms with Crippen LogP contribution in [0.4, 0.5) is 0 Å². The molecule has 0 saturated heterocycles. The van der Waals surface area contributed by atoms with Crippen LogP contribution in [-0.2, 0) is 11.3 Å². The van der Waals surface area contributed by atoms with E-state index in [1.807, 2.05) is 0 Å². The Bertz CT molecular complexity index is 699. The minimum atomic E-state index is -0.432. The Hall–Kier alpha value is -2.21. The van der Waals surface area contributed by atoms with Gasteiger partial charge in [0.1, 0.15) is 23.9 Å². The highest BCUT2D eigenvalue weighted by atomic mass is 79.9. The Kier molecular flexibility index (Phi) is 5.87. The number of rotatable bonds is 6. The van der Waals surface area contributed by atoms with Crippen molar-refractivity contribution in [1.29, 1.82) is 0 Å². The van der Waals surface area contributed by atoms with E-state index < -0.39 is 5.97 Å². The average molecular weight is 381 g/mol. The highest BCUT2D eigenvalue weighted by Gasteiger charge is 2.12. The third-order valence-corrected chi connectivity index (χ3v) is 3.85. The van der Waals surface area contributed by atoms with Gasteiger partial charge in [0.05, 0.1) is 31.4 Å². The molecule has 0 heterocycles. The number of methoxy groups -OCH3 is 3. The summed E-state index contributed by atoms with van der Waals surface area (Å²) in [5.41, 5.74) is 1.16. The molecule has 2 aromatic carbocycles. The van der Waals surface area contributed by atoms with E-state index in [4.69, 9.17) is 18.9 Å². The lowest BCUT2D eigenvalue weighted by molar-refractivity contribution is 0.0469. The summed E-state index contributed by atoms with van der Waals surface area (Å²) in [6.45, 7) is 0.0862. The zero-order chi connectivity index (χ0) is 16.8. The van der Waals surface area contributed by atoms with Crippen LogP contribution >= 0.6 is 15.9 Å². The molecular formula is C17H17BrO5. The van der Waals surface area contributed by atoms with E-state index in [1.165, 1.54) is 0 Å². The van der Waals surface area contributed by atoms with Crippen LogP contribution in [0.15, 0.2) is 40.9 Å². The minimum absolute atomic E-state index is 0.0862. The van der Waals surface area contributed by atoms with Gasteiger partial charge < -0.3 is 18.9 Å². The number of esters is 1. The molecule has 0 aliphatic carbocycles. The van der Waals surface area contributed by atoms with Crippen molar-refractivity contribution in [2.24, 2.45) is 0 Å². The first-order valence-corrected chi connectivity index (χ1v) is 7.60. The molecule has 5 nitrogen and oxygen atoms in total. The van der Waals surface area contributed by atoms with E-state index in [0.29, 0.717) is 27.3 Å². The summed E-state index contributed by atoms with van der Waals surface area (Å²) in [4.78, 5) is 12.2. The number of benzene rings is 2. The average Bonchev–Trinajstić information content (AvgIpc) is 2.59. The summed E-state index contributed by atoms with van der Waals surface area (Å²) in [5, 5.41) is 0. The molecule has 0 bridgehead atoms. The van der Waals surface area contributed by atoms with Crippen molar-refractivity contribution < 1.29 is 23.7 Å². The number of carbonyl (C=O) groups excluding carboxylic acids is 1. The molecule has 0 aliphatic heterocycles. The van der Waals surface area contributed by atoms with Crippen molar-refractivity contribution >= 4 is 21.9 Å². The van der Waals surface area contributed by atoms with Crippen LogP contribution in [-0.4, -0.2) is 27.3 Å². The Labute approximate surface area is 143 Å². The quantitative estimate of drug-likeness (QED) is 0.712. The van der Waals surface area contributed by atoms with Crippen molar-refractivity contribution in [1.82, 2.24) is 0 Å². The molecule has 23 heavy (non-hydrogen) atoms. The molecule has 0 fully saturated rings. The molecule has 6 heteroatoms. The van der Waals surface area contributed by atoms with Crippen LogP contribution in [0.5, 0.6) is 17.2 Å². The molecule has 0 N–H and O–H groups in total. The van der Waals surface area contributed by atoms with E-state index in [-0.39, 0.29) is 6.61 Å². The molecule has 2 rings (SSSR count). The maximum absolute atomic E-state index is 12.2. The van der Waals surface area contributed by atoms with Crippen LogP contribution < -0.4 is 14.2 Å². The van der Waals surface area contributed by atoms with Crippen molar-refractivity contribution in [3.8, 4) is 17.2 Å². The Morgan fingerprint density at radius 3 is 2.26 bits per heavy atom. The van der Waals surface area contributed by atoms with Crippen LogP contribution in [0.2, 0.25) is 0 Å². The Morgan fingerprint density at radius 2 is 1.65 bits per heavy atom. The lowest BCUT2D eigenvalue weighted by Crippen LogP contribution is -2.06. The molecule has 0 unspecified atom stereocenters. The first-order chi connectivity index (χ1) is 11.1. The standard InChI is InChI=1S/C17H17BrO5/c1-20-13-5-7-15(21-2)12(8-13)10-23-17(19)11-4-6-16(22-3)14(18)9-11/h4-9H,10H2,1-3H3. The monoisotopic (exact) mass is 380 g/mol. The van der Waals surface area contributed by atoms with E-state index in [9.17, 15) is 4.79 Å². The van der Waals surface area contributed by atoms with Crippen LogP contribution in [0.3, 0.4) is 0 Å². The molecule has 0 radical (unpaired) electrons. The molecule has 122 valence electrons. The van der Waals surface area contributed by atoms with Gasteiger partial charge in [-0.2, -0.15) is 0 Å². The first kappa shape index (κ1) is 17.1. The number of halogens is 1. The fraction of sp³-hybridized carbons (Fsp3) is 0.235. The largest absolute Gasteiger partial charge is 0.497 e. The van der Waals surface area contributed by atoms with E-state index in [1.54, 1.807) is 57.7 Å². The van der Waals surface area contributed by atoms with Crippen LogP contribution in [0, 0.1) is 0 Å². The maximum atomic E-state index is 12.2.